The molecule has 0 saturated carbocycles. The molecular weight excluding hydrogens is 394 g/mol. The van der Waals surface area contributed by atoms with Crippen molar-refractivity contribution in [1.82, 2.24) is 25.1 Å². The predicted octanol–water partition coefficient (Wildman–Crippen LogP) is 4.32. The van der Waals surface area contributed by atoms with Gasteiger partial charge in [0.05, 0.1) is 0 Å². The van der Waals surface area contributed by atoms with Gasteiger partial charge in [-0.3, -0.25) is 14.5 Å². The number of amides is 1. The van der Waals surface area contributed by atoms with Crippen molar-refractivity contribution in [2.24, 2.45) is 0 Å². The number of aryl methyl sites for hydroxylation is 1. The van der Waals surface area contributed by atoms with Gasteiger partial charge in [0.1, 0.15) is 12.4 Å². The second-order valence-electron chi connectivity index (χ2n) is 7.34. The summed E-state index contributed by atoms with van der Waals surface area (Å²) < 4.78 is 2.25. The Hall–Kier alpha value is -3.19. The molecule has 0 unspecified atom stereocenters. The molecule has 4 aromatic rings. The molecule has 1 amide bonds. The molecular formula is C23H25N5OS. The van der Waals surface area contributed by atoms with Crippen molar-refractivity contribution < 1.29 is 4.79 Å². The van der Waals surface area contributed by atoms with Gasteiger partial charge in [0.2, 0.25) is 5.91 Å². The minimum absolute atomic E-state index is 0.0405. The zero-order chi connectivity index (χ0) is 20.9. The van der Waals surface area contributed by atoms with Crippen molar-refractivity contribution in [3.05, 3.63) is 82.5 Å². The lowest BCUT2D eigenvalue weighted by molar-refractivity contribution is -0.121. The molecule has 2 heterocycles. The molecule has 2 aromatic heterocycles. The maximum absolute atomic E-state index is 12.8. The first kappa shape index (κ1) is 20.1. The standard InChI is InChI=1S/C23H25N5OS/c1-2-8-21-26-27-23(30)28(21)15-22(29)25-13-18(16-9-4-3-5-10-16)19-14-24-20-12-7-6-11-17(19)20/h3-7,9-12,14,18,24H,2,8,13,15H2,1H3,(H,25,29)(H,27,30)/t18-/m1/s1. The Morgan fingerprint density at radius 1 is 1.17 bits per heavy atom. The van der Waals surface area contributed by atoms with Crippen molar-refractivity contribution in [1.29, 1.82) is 0 Å². The van der Waals surface area contributed by atoms with Gasteiger partial charge in [-0.2, -0.15) is 5.10 Å². The lowest BCUT2D eigenvalue weighted by Gasteiger charge is -2.18. The van der Waals surface area contributed by atoms with Gasteiger partial charge in [0.15, 0.2) is 4.77 Å². The average molecular weight is 420 g/mol. The zero-order valence-electron chi connectivity index (χ0n) is 16.9. The topological polar surface area (TPSA) is 78.5 Å². The van der Waals surface area contributed by atoms with Gasteiger partial charge in [-0.1, -0.05) is 55.5 Å². The zero-order valence-corrected chi connectivity index (χ0v) is 17.7. The van der Waals surface area contributed by atoms with Crippen LogP contribution >= 0.6 is 12.2 Å². The number of aromatic nitrogens is 4. The number of fused-ring (bicyclic) bond motifs is 1. The Labute approximate surface area is 180 Å². The van der Waals surface area contributed by atoms with Crippen molar-refractivity contribution in [2.45, 2.75) is 32.2 Å². The quantitative estimate of drug-likeness (QED) is 0.372. The monoisotopic (exact) mass is 419 g/mol. The third-order valence-electron chi connectivity index (χ3n) is 5.31. The molecule has 0 bridgehead atoms. The fourth-order valence-electron chi connectivity index (χ4n) is 3.82. The summed E-state index contributed by atoms with van der Waals surface area (Å²) in [4.78, 5) is 16.1. The summed E-state index contributed by atoms with van der Waals surface area (Å²) in [6.45, 7) is 2.74. The van der Waals surface area contributed by atoms with Crippen LogP contribution in [0.25, 0.3) is 10.9 Å². The minimum atomic E-state index is -0.0781. The average Bonchev–Trinajstić information content (AvgIpc) is 3.34. The summed E-state index contributed by atoms with van der Waals surface area (Å²) in [6.07, 6.45) is 3.76. The summed E-state index contributed by atoms with van der Waals surface area (Å²) in [5.74, 6) is 0.776. The van der Waals surface area contributed by atoms with Gasteiger partial charge in [0.25, 0.3) is 0 Å². The van der Waals surface area contributed by atoms with Gasteiger partial charge in [-0.05, 0) is 35.8 Å². The first-order chi connectivity index (χ1) is 14.7. The van der Waals surface area contributed by atoms with Crippen LogP contribution in [0.2, 0.25) is 0 Å². The van der Waals surface area contributed by atoms with Crippen LogP contribution < -0.4 is 5.32 Å². The maximum Gasteiger partial charge on any atom is 0.240 e. The number of para-hydroxylation sites is 1. The molecule has 0 aliphatic rings. The molecule has 3 N–H and O–H groups in total. The van der Waals surface area contributed by atoms with Crippen LogP contribution in [-0.4, -0.2) is 32.2 Å². The van der Waals surface area contributed by atoms with Crippen LogP contribution in [0.5, 0.6) is 0 Å². The van der Waals surface area contributed by atoms with Crippen LogP contribution in [0.1, 0.15) is 36.2 Å². The molecule has 0 aliphatic heterocycles. The molecule has 0 aliphatic carbocycles. The van der Waals surface area contributed by atoms with E-state index in [9.17, 15) is 4.79 Å². The number of nitrogens with one attached hydrogen (secondary N) is 3. The Kier molecular flexibility index (Phi) is 6.09. The lowest BCUT2D eigenvalue weighted by atomic mass is 9.91. The van der Waals surface area contributed by atoms with E-state index < -0.39 is 0 Å². The number of hydrogen-bond acceptors (Lipinski definition) is 3. The van der Waals surface area contributed by atoms with E-state index in [1.807, 2.05) is 36.5 Å². The molecule has 154 valence electrons. The predicted molar refractivity (Wildman–Crippen MR) is 121 cm³/mol. The number of hydrogen-bond donors (Lipinski definition) is 3. The highest BCUT2D eigenvalue weighted by Crippen LogP contribution is 2.30. The summed E-state index contributed by atoms with van der Waals surface area (Å²) >= 11 is 5.30. The second kappa shape index (κ2) is 9.09. The molecule has 1 atom stereocenters. The third kappa shape index (κ3) is 4.21. The summed E-state index contributed by atoms with van der Waals surface area (Å²) in [5, 5.41) is 11.3. The van der Waals surface area contributed by atoms with E-state index in [-0.39, 0.29) is 18.4 Å². The summed E-state index contributed by atoms with van der Waals surface area (Å²) in [6, 6.07) is 18.5. The summed E-state index contributed by atoms with van der Waals surface area (Å²) in [7, 11) is 0. The summed E-state index contributed by atoms with van der Waals surface area (Å²) in [5.41, 5.74) is 3.42. The van der Waals surface area contributed by atoms with Crippen molar-refractivity contribution in [3.63, 3.8) is 0 Å². The number of rotatable bonds is 8. The highest BCUT2D eigenvalue weighted by Gasteiger charge is 2.19. The second-order valence-corrected chi connectivity index (χ2v) is 7.72. The molecule has 4 rings (SSSR count). The van der Waals surface area contributed by atoms with Gasteiger partial charge < -0.3 is 10.3 Å². The first-order valence-electron chi connectivity index (χ1n) is 10.2. The molecule has 0 saturated heterocycles. The fourth-order valence-corrected chi connectivity index (χ4v) is 4.03. The van der Waals surface area contributed by atoms with Crippen LogP contribution in [-0.2, 0) is 17.8 Å². The fraction of sp³-hybridized carbons (Fsp3) is 0.261. The highest BCUT2D eigenvalue weighted by atomic mass is 32.1. The minimum Gasteiger partial charge on any atom is -0.361 e. The smallest absolute Gasteiger partial charge is 0.240 e. The molecule has 0 radical (unpaired) electrons. The van der Waals surface area contributed by atoms with Gasteiger partial charge in [-0.25, -0.2) is 0 Å². The van der Waals surface area contributed by atoms with Crippen LogP contribution in [0, 0.1) is 4.77 Å². The van der Waals surface area contributed by atoms with Crippen molar-refractivity contribution in [3.8, 4) is 0 Å². The Morgan fingerprint density at radius 3 is 2.73 bits per heavy atom. The van der Waals surface area contributed by atoms with Crippen molar-refractivity contribution >= 4 is 29.0 Å². The molecule has 30 heavy (non-hydrogen) atoms. The normalized spacial score (nSPS) is 12.2. The molecule has 2 aromatic carbocycles. The third-order valence-corrected chi connectivity index (χ3v) is 5.63. The van der Waals surface area contributed by atoms with E-state index in [4.69, 9.17) is 12.2 Å². The maximum atomic E-state index is 12.8. The molecule has 6 nitrogen and oxygen atoms in total. The Bertz CT molecular complexity index is 1190. The number of nitrogens with zero attached hydrogens (tertiary/aromatic N) is 2. The number of aromatic amines is 2. The van der Waals surface area contributed by atoms with Gasteiger partial charge >= 0.3 is 0 Å². The van der Waals surface area contributed by atoms with Crippen LogP contribution in [0.4, 0.5) is 0 Å². The van der Waals surface area contributed by atoms with Crippen LogP contribution in [0.15, 0.2) is 60.8 Å². The number of carbonyl (C=O) groups excluding carboxylic acids is 1. The van der Waals surface area contributed by atoms with Crippen molar-refractivity contribution in [2.75, 3.05) is 6.54 Å². The molecule has 7 heteroatoms. The lowest BCUT2D eigenvalue weighted by Crippen LogP contribution is -2.32. The van der Waals surface area contributed by atoms with E-state index in [1.54, 1.807) is 4.57 Å². The molecule has 0 spiro atoms. The Morgan fingerprint density at radius 2 is 1.93 bits per heavy atom. The van der Waals surface area contributed by atoms with E-state index >= 15 is 0 Å². The molecule has 0 fully saturated rings. The first-order valence-corrected chi connectivity index (χ1v) is 10.6. The SMILES string of the molecule is CCCc1n[nH]c(=S)n1CC(=O)NC[C@H](c1ccccc1)c1c[nH]c2ccccc12. The number of H-pyrrole nitrogens is 2. The number of carbonyl (C=O) groups is 1. The van der Waals surface area contributed by atoms with Gasteiger partial charge in [0, 0.05) is 36.0 Å². The van der Waals surface area contributed by atoms with E-state index in [0.717, 1.165) is 29.7 Å². The number of benzene rings is 2. The largest absolute Gasteiger partial charge is 0.361 e. The van der Waals surface area contributed by atoms with Crippen LogP contribution in [0.3, 0.4) is 0 Å². The van der Waals surface area contributed by atoms with Gasteiger partial charge in [-0.15, -0.1) is 0 Å². The highest BCUT2D eigenvalue weighted by molar-refractivity contribution is 7.71. The van der Waals surface area contributed by atoms with E-state index in [0.29, 0.717) is 11.3 Å². The Balaban J connectivity index is 1.55. The van der Waals surface area contributed by atoms with E-state index in [2.05, 4.69) is 51.7 Å². The van der Waals surface area contributed by atoms with E-state index in [1.165, 1.54) is 10.9 Å².